The van der Waals surface area contributed by atoms with Crippen molar-refractivity contribution in [1.29, 1.82) is 0 Å². The van der Waals surface area contributed by atoms with E-state index in [1.807, 2.05) is 25.1 Å². The number of benzene rings is 1. The Labute approximate surface area is 105 Å². The fraction of sp³-hybridized carbons (Fsp3) is 0.308. The van der Waals surface area contributed by atoms with Gasteiger partial charge in [0.2, 0.25) is 0 Å². The van der Waals surface area contributed by atoms with Gasteiger partial charge in [0, 0.05) is 12.1 Å². The highest BCUT2D eigenvalue weighted by Crippen LogP contribution is 2.35. The van der Waals surface area contributed by atoms with E-state index in [1.165, 1.54) is 0 Å². The molecule has 0 bridgehead atoms. The minimum atomic E-state index is 0.462. The van der Waals surface area contributed by atoms with Crippen molar-refractivity contribution in [1.82, 2.24) is 10.2 Å². The largest absolute Gasteiger partial charge is 0.486 e. The predicted octanol–water partition coefficient (Wildman–Crippen LogP) is 1.62. The van der Waals surface area contributed by atoms with E-state index in [0.29, 0.717) is 19.8 Å². The normalized spacial score (nSPS) is 13.7. The molecule has 18 heavy (non-hydrogen) atoms. The van der Waals surface area contributed by atoms with Gasteiger partial charge in [-0.05, 0) is 30.7 Å². The number of nitrogens with zero attached hydrogens (tertiary/aromatic N) is 1. The van der Waals surface area contributed by atoms with Crippen LogP contribution in [-0.4, -0.2) is 23.4 Å². The van der Waals surface area contributed by atoms with Crippen molar-refractivity contribution in [2.75, 3.05) is 13.2 Å². The molecule has 3 rings (SSSR count). The van der Waals surface area contributed by atoms with E-state index < -0.39 is 0 Å². The van der Waals surface area contributed by atoms with Gasteiger partial charge < -0.3 is 15.2 Å². The molecular formula is C13H15N3O2. The number of hydrogen-bond acceptors (Lipinski definition) is 4. The summed E-state index contributed by atoms with van der Waals surface area (Å²) < 4.78 is 11.1. The molecular weight excluding hydrogens is 230 g/mol. The van der Waals surface area contributed by atoms with Gasteiger partial charge >= 0.3 is 0 Å². The van der Waals surface area contributed by atoms with Gasteiger partial charge in [0.25, 0.3) is 0 Å². The van der Waals surface area contributed by atoms with Gasteiger partial charge in [-0.2, -0.15) is 5.10 Å². The van der Waals surface area contributed by atoms with Gasteiger partial charge in [-0.3, -0.25) is 5.10 Å². The van der Waals surface area contributed by atoms with Crippen LogP contribution in [0.2, 0.25) is 0 Å². The SMILES string of the molecule is Cc1c(-c2ccc3c(c2)OCCO3)n[nH]c1CN. The maximum Gasteiger partial charge on any atom is 0.162 e. The molecule has 94 valence electrons. The predicted molar refractivity (Wildman–Crippen MR) is 67.6 cm³/mol. The molecule has 2 heterocycles. The maximum atomic E-state index is 5.64. The molecule has 1 aromatic carbocycles. The van der Waals surface area contributed by atoms with Crippen molar-refractivity contribution in [3.63, 3.8) is 0 Å². The zero-order valence-electron chi connectivity index (χ0n) is 10.2. The summed E-state index contributed by atoms with van der Waals surface area (Å²) in [5, 5.41) is 7.26. The molecule has 1 aliphatic rings. The van der Waals surface area contributed by atoms with Gasteiger partial charge in [0.15, 0.2) is 11.5 Å². The van der Waals surface area contributed by atoms with Crippen LogP contribution in [-0.2, 0) is 6.54 Å². The number of ether oxygens (including phenoxy) is 2. The highest BCUT2D eigenvalue weighted by Gasteiger charge is 2.15. The van der Waals surface area contributed by atoms with E-state index in [0.717, 1.165) is 34.0 Å². The molecule has 0 fully saturated rings. The van der Waals surface area contributed by atoms with Crippen molar-refractivity contribution >= 4 is 0 Å². The summed E-state index contributed by atoms with van der Waals surface area (Å²) in [6, 6.07) is 5.86. The highest BCUT2D eigenvalue weighted by molar-refractivity contribution is 5.67. The number of aromatic nitrogens is 2. The molecule has 0 spiro atoms. The summed E-state index contributed by atoms with van der Waals surface area (Å²) in [5.41, 5.74) is 9.59. The van der Waals surface area contributed by atoms with Gasteiger partial charge in [-0.15, -0.1) is 0 Å². The van der Waals surface area contributed by atoms with Crippen molar-refractivity contribution in [3.8, 4) is 22.8 Å². The second-order valence-electron chi connectivity index (χ2n) is 4.24. The number of fused-ring (bicyclic) bond motifs is 1. The first-order valence-corrected chi connectivity index (χ1v) is 5.93. The third-order valence-electron chi connectivity index (χ3n) is 3.13. The lowest BCUT2D eigenvalue weighted by Crippen LogP contribution is -2.15. The van der Waals surface area contributed by atoms with Crippen molar-refractivity contribution in [2.45, 2.75) is 13.5 Å². The third-order valence-corrected chi connectivity index (χ3v) is 3.13. The Bertz CT molecular complexity index is 578. The molecule has 0 radical (unpaired) electrons. The van der Waals surface area contributed by atoms with Crippen LogP contribution in [0.1, 0.15) is 11.3 Å². The number of H-pyrrole nitrogens is 1. The summed E-state index contributed by atoms with van der Waals surface area (Å²) in [7, 11) is 0. The van der Waals surface area contributed by atoms with Crippen LogP contribution in [0, 0.1) is 6.92 Å². The quantitative estimate of drug-likeness (QED) is 0.843. The van der Waals surface area contributed by atoms with E-state index in [1.54, 1.807) is 0 Å². The minimum Gasteiger partial charge on any atom is -0.486 e. The van der Waals surface area contributed by atoms with Crippen molar-refractivity contribution < 1.29 is 9.47 Å². The van der Waals surface area contributed by atoms with Crippen LogP contribution in [0.4, 0.5) is 0 Å². The van der Waals surface area contributed by atoms with Crippen LogP contribution in [0.15, 0.2) is 18.2 Å². The molecule has 1 aliphatic heterocycles. The monoisotopic (exact) mass is 245 g/mol. The van der Waals surface area contributed by atoms with Crippen LogP contribution in [0.3, 0.4) is 0 Å². The zero-order chi connectivity index (χ0) is 12.5. The molecule has 2 aromatic rings. The average molecular weight is 245 g/mol. The van der Waals surface area contributed by atoms with Gasteiger partial charge in [0.1, 0.15) is 13.2 Å². The Balaban J connectivity index is 2.03. The molecule has 0 unspecified atom stereocenters. The van der Waals surface area contributed by atoms with Crippen LogP contribution in [0.25, 0.3) is 11.3 Å². The van der Waals surface area contributed by atoms with E-state index in [9.17, 15) is 0 Å². The first-order chi connectivity index (χ1) is 8.79. The first kappa shape index (κ1) is 11.1. The second kappa shape index (κ2) is 4.34. The second-order valence-corrected chi connectivity index (χ2v) is 4.24. The van der Waals surface area contributed by atoms with Crippen molar-refractivity contribution in [2.24, 2.45) is 5.73 Å². The molecule has 0 aliphatic carbocycles. The highest BCUT2D eigenvalue weighted by atomic mass is 16.6. The van der Waals surface area contributed by atoms with Crippen LogP contribution in [0.5, 0.6) is 11.5 Å². The fourth-order valence-electron chi connectivity index (χ4n) is 2.10. The number of aromatic amines is 1. The van der Waals surface area contributed by atoms with Crippen molar-refractivity contribution in [3.05, 3.63) is 29.5 Å². The third kappa shape index (κ3) is 1.73. The van der Waals surface area contributed by atoms with E-state index in [2.05, 4.69) is 10.2 Å². The Morgan fingerprint density at radius 2 is 2.06 bits per heavy atom. The van der Waals surface area contributed by atoms with E-state index >= 15 is 0 Å². The summed E-state index contributed by atoms with van der Waals surface area (Å²) in [6.45, 7) is 3.66. The fourth-order valence-corrected chi connectivity index (χ4v) is 2.10. The number of nitrogens with one attached hydrogen (secondary N) is 1. The lowest BCUT2D eigenvalue weighted by molar-refractivity contribution is 0.171. The Hall–Kier alpha value is -2.01. The van der Waals surface area contributed by atoms with Crippen LogP contribution >= 0.6 is 0 Å². The Morgan fingerprint density at radius 1 is 1.28 bits per heavy atom. The minimum absolute atomic E-state index is 0.462. The molecule has 0 saturated carbocycles. The first-order valence-electron chi connectivity index (χ1n) is 5.93. The molecule has 5 nitrogen and oxygen atoms in total. The number of nitrogens with two attached hydrogens (primary N) is 1. The standard InChI is InChI=1S/C13H15N3O2/c1-8-10(7-14)15-16-13(8)9-2-3-11-12(6-9)18-5-4-17-11/h2-3,6H,4-5,7,14H2,1H3,(H,15,16). The summed E-state index contributed by atoms with van der Waals surface area (Å²) in [5.74, 6) is 1.56. The van der Waals surface area contributed by atoms with E-state index in [-0.39, 0.29) is 0 Å². The topological polar surface area (TPSA) is 73.2 Å². The van der Waals surface area contributed by atoms with Crippen LogP contribution < -0.4 is 15.2 Å². The lowest BCUT2D eigenvalue weighted by atomic mass is 10.1. The maximum absolute atomic E-state index is 5.64. The molecule has 0 atom stereocenters. The lowest BCUT2D eigenvalue weighted by Gasteiger charge is -2.18. The zero-order valence-corrected chi connectivity index (χ0v) is 10.2. The molecule has 0 saturated heterocycles. The van der Waals surface area contributed by atoms with Gasteiger partial charge in [0.05, 0.1) is 11.4 Å². The number of hydrogen-bond donors (Lipinski definition) is 2. The van der Waals surface area contributed by atoms with Gasteiger partial charge in [-0.25, -0.2) is 0 Å². The molecule has 1 aromatic heterocycles. The number of rotatable bonds is 2. The summed E-state index contributed by atoms with van der Waals surface area (Å²) >= 11 is 0. The molecule has 0 amide bonds. The Morgan fingerprint density at radius 3 is 2.78 bits per heavy atom. The Kier molecular flexibility index (Phi) is 2.68. The van der Waals surface area contributed by atoms with Gasteiger partial charge in [-0.1, -0.05) is 0 Å². The molecule has 3 N–H and O–H groups in total. The van der Waals surface area contributed by atoms with E-state index in [4.69, 9.17) is 15.2 Å². The smallest absolute Gasteiger partial charge is 0.162 e. The summed E-state index contributed by atoms with van der Waals surface area (Å²) in [4.78, 5) is 0. The molecule has 5 heteroatoms. The average Bonchev–Trinajstić information content (AvgIpc) is 2.79. The summed E-state index contributed by atoms with van der Waals surface area (Å²) in [6.07, 6.45) is 0.